The summed E-state index contributed by atoms with van der Waals surface area (Å²) in [5, 5.41) is 3.34. The average Bonchev–Trinajstić information content (AvgIpc) is 3.43. The van der Waals surface area contributed by atoms with E-state index in [9.17, 15) is 8.78 Å². The molecule has 166 valence electrons. The van der Waals surface area contributed by atoms with Crippen molar-refractivity contribution < 1.29 is 8.78 Å². The van der Waals surface area contributed by atoms with E-state index in [0.29, 0.717) is 34.3 Å². The van der Waals surface area contributed by atoms with Gasteiger partial charge < -0.3 is 8.96 Å². The number of nitrogens with zero attached hydrogens (tertiary/aromatic N) is 6. The first-order valence-electron chi connectivity index (χ1n) is 11.4. The van der Waals surface area contributed by atoms with Crippen molar-refractivity contribution in [1.29, 1.82) is 0 Å². The topological polar surface area (TPSA) is 59.3 Å². The van der Waals surface area contributed by atoms with Crippen LogP contribution in [0.4, 0.5) is 20.4 Å². The Hall–Kier alpha value is -4.40. The predicted molar refractivity (Wildman–Crippen MR) is 132 cm³/mol. The van der Waals surface area contributed by atoms with Crippen LogP contribution >= 0.6 is 0 Å². The van der Waals surface area contributed by atoms with Gasteiger partial charge in [-0.2, -0.15) is 0 Å². The van der Waals surface area contributed by atoms with Crippen molar-refractivity contribution in [2.45, 2.75) is 13.7 Å². The second-order valence-electron chi connectivity index (χ2n) is 9.19. The molecule has 2 aromatic heterocycles. The highest BCUT2D eigenvalue weighted by Crippen LogP contribution is 2.41. The van der Waals surface area contributed by atoms with E-state index in [1.54, 1.807) is 12.1 Å². The second-order valence-corrected chi connectivity index (χ2v) is 9.19. The van der Waals surface area contributed by atoms with Gasteiger partial charge in [0.25, 0.3) is 0 Å². The van der Waals surface area contributed by atoms with Crippen LogP contribution < -0.4 is 11.0 Å². The lowest BCUT2D eigenvalue weighted by Crippen LogP contribution is -2.46. The first-order chi connectivity index (χ1) is 17.0. The van der Waals surface area contributed by atoms with Gasteiger partial charge in [-0.15, -0.1) is 0 Å². The number of benzene rings is 3. The van der Waals surface area contributed by atoms with Crippen molar-refractivity contribution in [2.24, 2.45) is 20.0 Å². The number of halogens is 2. The van der Waals surface area contributed by atoms with Gasteiger partial charge in [0.05, 0.1) is 0 Å². The highest BCUT2D eigenvalue weighted by Gasteiger charge is 2.33. The summed E-state index contributed by atoms with van der Waals surface area (Å²) in [6.45, 7) is 3.86. The van der Waals surface area contributed by atoms with Gasteiger partial charge in [-0.3, -0.25) is 0 Å². The lowest BCUT2D eigenvalue weighted by atomic mass is 9.78. The van der Waals surface area contributed by atoms with E-state index < -0.39 is 0 Å². The Kier molecular flexibility index (Phi) is 3.35. The highest BCUT2D eigenvalue weighted by atomic mass is 19.1. The van der Waals surface area contributed by atoms with E-state index in [1.807, 2.05) is 11.4 Å². The van der Waals surface area contributed by atoms with Gasteiger partial charge in [0.15, 0.2) is 11.7 Å². The number of fused-ring (bicyclic) bond motifs is 10. The van der Waals surface area contributed by atoms with E-state index in [0.717, 1.165) is 38.3 Å². The molecule has 0 spiro atoms. The van der Waals surface area contributed by atoms with Gasteiger partial charge in [0, 0.05) is 32.7 Å². The monoisotopic (exact) mass is 460 g/mol. The first-order valence-corrected chi connectivity index (χ1v) is 11.4. The van der Waals surface area contributed by atoms with E-state index >= 15 is 0 Å². The van der Waals surface area contributed by atoms with Crippen LogP contribution in [0.5, 0.6) is 0 Å². The summed E-state index contributed by atoms with van der Waals surface area (Å²) in [5.74, 6) is 1.38. The Labute approximate surface area is 197 Å². The molecule has 0 radical (unpaired) electrons. The van der Waals surface area contributed by atoms with E-state index in [4.69, 9.17) is 20.0 Å². The molecule has 3 aliphatic heterocycles. The Balaban J connectivity index is 1.67. The van der Waals surface area contributed by atoms with Crippen LogP contribution in [0.1, 0.15) is 16.7 Å². The standard InChI is InChI=1S/C26H15BF2N6/c1-12-3-6-16-19(9-12)25-31-21-15-7-4-13(28)10-18(15)22(30-21)32-23-17-8-5-14(29)11-20(17)26-33-24(16)35(25)27(2)34(23)26/h3-11H,1-2H3. The molecule has 35 heavy (non-hydrogen) atoms. The number of aliphatic imine (C=N–C) groups is 2. The molecule has 0 N–H and O–H groups in total. The molecule has 8 rings (SSSR count). The number of hydrogen-bond acceptors (Lipinski definition) is 4. The van der Waals surface area contributed by atoms with Gasteiger partial charge in [-0.05, 0) is 56.2 Å². The van der Waals surface area contributed by atoms with Crippen LogP contribution in [0.2, 0.25) is 6.82 Å². The zero-order valence-electron chi connectivity index (χ0n) is 18.7. The summed E-state index contributed by atoms with van der Waals surface area (Å²) in [6.07, 6.45) is 0. The van der Waals surface area contributed by atoms with Crippen LogP contribution in [0.15, 0.2) is 74.6 Å². The Morgan fingerprint density at radius 3 is 2.23 bits per heavy atom. The van der Waals surface area contributed by atoms with E-state index in [-0.39, 0.29) is 18.6 Å². The minimum atomic E-state index is -0.370. The molecule has 5 aromatic rings. The summed E-state index contributed by atoms with van der Waals surface area (Å²) < 4.78 is 32.8. The van der Waals surface area contributed by atoms with Crippen LogP contribution in [0, 0.1) is 18.6 Å². The third kappa shape index (κ3) is 2.32. The average molecular weight is 460 g/mol. The van der Waals surface area contributed by atoms with Gasteiger partial charge in [0.1, 0.15) is 34.2 Å². The molecule has 4 bridgehead atoms. The van der Waals surface area contributed by atoms with E-state index in [2.05, 4.69) is 29.5 Å². The molecule has 0 aliphatic carbocycles. The van der Waals surface area contributed by atoms with Crippen LogP contribution in [0.25, 0.3) is 21.5 Å². The third-order valence-corrected chi connectivity index (χ3v) is 7.09. The summed E-state index contributed by atoms with van der Waals surface area (Å²) in [5.41, 5.74) is 3.89. The maximum Gasteiger partial charge on any atom is 0.386 e. The number of rotatable bonds is 0. The van der Waals surface area contributed by atoms with Gasteiger partial charge >= 0.3 is 6.98 Å². The van der Waals surface area contributed by atoms with Gasteiger partial charge in [-0.25, -0.2) is 28.8 Å². The number of aryl methyl sites for hydroxylation is 1. The molecule has 0 unspecified atom stereocenters. The maximum absolute atomic E-state index is 14.4. The van der Waals surface area contributed by atoms with Crippen LogP contribution in [-0.4, -0.2) is 27.6 Å². The summed E-state index contributed by atoms with van der Waals surface area (Å²) in [6, 6.07) is 15.4. The summed E-state index contributed by atoms with van der Waals surface area (Å²) in [4.78, 5) is 19.7. The smallest absolute Gasteiger partial charge is 0.334 e. The summed E-state index contributed by atoms with van der Waals surface area (Å²) >= 11 is 0. The lowest BCUT2D eigenvalue weighted by Gasteiger charge is -2.20. The normalized spacial score (nSPS) is 15.0. The molecule has 0 fully saturated rings. The molecule has 5 heterocycles. The Morgan fingerprint density at radius 2 is 1.34 bits per heavy atom. The highest BCUT2D eigenvalue weighted by molar-refractivity contribution is 6.56. The van der Waals surface area contributed by atoms with Crippen LogP contribution in [-0.2, 0) is 0 Å². The number of aromatic nitrogens is 2. The molecule has 3 aliphatic rings. The summed E-state index contributed by atoms with van der Waals surface area (Å²) in [7, 11) is 0. The number of amidine groups is 2. The molecule has 9 heteroatoms. The Bertz CT molecular complexity index is 2010. The fourth-order valence-electron chi connectivity index (χ4n) is 5.52. The zero-order valence-corrected chi connectivity index (χ0v) is 18.7. The minimum Gasteiger partial charge on any atom is -0.334 e. The van der Waals surface area contributed by atoms with Crippen molar-refractivity contribution in [1.82, 2.24) is 8.96 Å². The van der Waals surface area contributed by atoms with Gasteiger partial charge in [-0.1, -0.05) is 17.7 Å². The largest absolute Gasteiger partial charge is 0.386 e. The quantitative estimate of drug-likeness (QED) is 0.307. The van der Waals surface area contributed by atoms with Crippen molar-refractivity contribution >= 4 is 51.8 Å². The fourth-order valence-corrected chi connectivity index (χ4v) is 5.52. The molecular formula is C26H15BF2N6. The lowest BCUT2D eigenvalue weighted by molar-refractivity contribution is 0.627. The second kappa shape index (κ2) is 6.18. The molecule has 0 saturated heterocycles. The van der Waals surface area contributed by atoms with Gasteiger partial charge in [0.2, 0.25) is 0 Å². The van der Waals surface area contributed by atoms with E-state index in [1.165, 1.54) is 24.3 Å². The SMILES string of the molecule is CB1n2c3c4ccc(F)cc4c2N=c2c4ccc(C)cc4c(n21)=NC1=NC(=N3)c2cc(F)ccc21. The predicted octanol–water partition coefficient (Wildman–Crippen LogP) is 4.43. The first kappa shape index (κ1) is 19.0. The van der Waals surface area contributed by atoms with Crippen molar-refractivity contribution in [3.63, 3.8) is 0 Å². The third-order valence-electron chi connectivity index (χ3n) is 7.09. The van der Waals surface area contributed by atoms with Crippen molar-refractivity contribution in [3.05, 3.63) is 93.9 Å². The zero-order chi connectivity index (χ0) is 23.6. The van der Waals surface area contributed by atoms with Crippen molar-refractivity contribution in [2.75, 3.05) is 0 Å². The fraction of sp³-hybridized carbons (Fsp3) is 0.0769. The Morgan fingerprint density at radius 1 is 0.629 bits per heavy atom. The maximum atomic E-state index is 14.4. The molecule has 6 nitrogen and oxygen atoms in total. The molecule has 3 aromatic carbocycles. The van der Waals surface area contributed by atoms with Crippen LogP contribution in [0.3, 0.4) is 0 Å². The molecule has 0 amide bonds. The molecule has 0 saturated carbocycles. The minimum absolute atomic E-state index is 0.239. The van der Waals surface area contributed by atoms with Crippen molar-refractivity contribution in [3.8, 4) is 0 Å². The molecule has 0 atom stereocenters. The number of hydrogen-bond donors (Lipinski definition) is 0. The molecular weight excluding hydrogens is 445 g/mol.